The van der Waals surface area contributed by atoms with Gasteiger partial charge in [-0.2, -0.15) is 0 Å². The number of pyridine rings is 1. The highest BCUT2D eigenvalue weighted by atomic mass is 32.1. The molecule has 0 N–H and O–H groups in total. The molecule has 5 heteroatoms. The average Bonchev–Trinajstić information content (AvgIpc) is 3.86. The molecule has 0 radical (unpaired) electrons. The Morgan fingerprint density at radius 2 is 1.03 bits per heavy atom. The number of rotatable bonds is 5. The highest BCUT2D eigenvalue weighted by Crippen LogP contribution is 2.48. The molecule has 12 rings (SSSR count). The third-order valence-electron chi connectivity index (χ3n) is 11.4. The van der Waals surface area contributed by atoms with Crippen molar-refractivity contribution >= 4 is 75.1 Å². The molecule has 0 fully saturated rings. The number of benzene rings is 8. The van der Waals surface area contributed by atoms with Gasteiger partial charge in [-0.25, -0.2) is 9.97 Å². The van der Waals surface area contributed by atoms with Crippen molar-refractivity contribution in [3.05, 3.63) is 194 Å². The summed E-state index contributed by atoms with van der Waals surface area (Å²) < 4.78 is 5.05. The Kier molecular flexibility index (Phi) is 7.37. The van der Waals surface area contributed by atoms with Gasteiger partial charge < -0.3 is 4.57 Å². The van der Waals surface area contributed by atoms with E-state index in [1.165, 1.54) is 52.8 Å². The molecule has 58 heavy (non-hydrogen) atoms. The fourth-order valence-electron chi connectivity index (χ4n) is 8.81. The second-order valence-corrected chi connectivity index (χ2v) is 15.8. The Hall–Kier alpha value is -7.47. The van der Waals surface area contributed by atoms with E-state index in [4.69, 9.17) is 15.0 Å². The van der Waals surface area contributed by atoms with Gasteiger partial charge >= 0.3 is 0 Å². The summed E-state index contributed by atoms with van der Waals surface area (Å²) in [5.74, 6) is 0.661. The van der Waals surface area contributed by atoms with Crippen molar-refractivity contribution < 1.29 is 0 Å². The van der Waals surface area contributed by atoms with E-state index in [0.29, 0.717) is 5.82 Å². The molecule has 4 heterocycles. The number of aromatic nitrogens is 4. The van der Waals surface area contributed by atoms with Crippen molar-refractivity contribution in [2.45, 2.75) is 0 Å². The van der Waals surface area contributed by atoms with Crippen LogP contribution in [0.5, 0.6) is 0 Å². The van der Waals surface area contributed by atoms with Crippen LogP contribution >= 0.6 is 11.3 Å². The second kappa shape index (κ2) is 13.1. The molecule has 0 unspecified atom stereocenters. The topological polar surface area (TPSA) is 43.6 Å². The molecule has 0 saturated carbocycles. The van der Waals surface area contributed by atoms with Gasteiger partial charge in [0, 0.05) is 49.3 Å². The summed E-state index contributed by atoms with van der Waals surface area (Å²) in [5.41, 5.74) is 12.4. The number of fused-ring (bicyclic) bond motifs is 11. The second-order valence-electron chi connectivity index (χ2n) is 14.8. The third-order valence-corrected chi connectivity index (χ3v) is 12.6. The van der Waals surface area contributed by atoms with E-state index in [2.05, 4.69) is 180 Å². The summed E-state index contributed by atoms with van der Waals surface area (Å²) in [6.45, 7) is 0. The minimum atomic E-state index is 0.661. The third kappa shape index (κ3) is 5.11. The molecule has 0 spiro atoms. The quantitative estimate of drug-likeness (QED) is 0.176. The van der Waals surface area contributed by atoms with Gasteiger partial charge in [-0.05, 0) is 99.8 Å². The van der Waals surface area contributed by atoms with Crippen LogP contribution in [0.3, 0.4) is 0 Å². The van der Waals surface area contributed by atoms with Gasteiger partial charge in [-0.15, -0.1) is 11.3 Å². The lowest BCUT2D eigenvalue weighted by atomic mass is 9.94. The minimum Gasteiger partial charge on any atom is -0.308 e. The molecule has 270 valence electrons. The standard InChI is InChI=1S/C53H32N4S/c1-3-14-33(15-4-1)36-30-37(34-16-5-2-6-17-34)32-38(31-36)49-50-44(22-13-29-54-50)55-53(56-49)35-25-27-39(28-26-35)57-45-23-11-9-20-42(45)47-40-18-7-8-19-41(40)48-43-21-10-12-24-46(43)58-52(48)51(47)57/h1-32H. The van der Waals surface area contributed by atoms with E-state index in [0.717, 1.165) is 55.8 Å². The van der Waals surface area contributed by atoms with Crippen molar-refractivity contribution in [3.8, 4) is 50.6 Å². The van der Waals surface area contributed by atoms with Crippen LogP contribution in [0.2, 0.25) is 0 Å². The van der Waals surface area contributed by atoms with Gasteiger partial charge in [0.15, 0.2) is 5.82 Å². The molecule has 0 aliphatic rings. The van der Waals surface area contributed by atoms with E-state index in [1.54, 1.807) is 0 Å². The maximum atomic E-state index is 5.32. The molecule has 0 atom stereocenters. The number of thiophene rings is 1. The van der Waals surface area contributed by atoms with Crippen molar-refractivity contribution in [2.75, 3.05) is 0 Å². The Morgan fingerprint density at radius 3 is 1.76 bits per heavy atom. The highest BCUT2D eigenvalue weighted by Gasteiger charge is 2.22. The van der Waals surface area contributed by atoms with Crippen LogP contribution < -0.4 is 0 Å². The maximum absolute atomic E-state index is 5.32. The van der Waals surface area contributed by atoms with E-state index in [1.807, 2.05) is 29.7 Å². The normalized spacial score (nSPS) is 11.8. The number of hydrogen-bond donors (Lipinski definition) is 0. The zero-order valence-electron chi connectivity index (χ0n) is 31.2. The lowest BCUT2D eigenvalue weighted by molar-refractivity contribution is 1.18. The number of para-hydroxylation sites is 1. The predicted octanol–water partition coefficient (Wildman–Crippen LogP) is 14.3. The van der Waals surface area contributed by atoms with Gasteiger partial charge in [0.2, 0.25) is 0 Å². The van der Waals surface area contributed by atoms with Crippen LogP contribution in [0, 0.1) is 0 Å². The van der Waals surface area contributed by atoms with Gasteiger partial charge in [-0.3, -0.25) is 4.98 Å². The van der Waals surface area contributed by atoms with Crippen molar-refractivity contribution in [3.63, 3.8) is 0 Å². The molecule has 0 amide bonds. The first-order valence-corrected chi connectivity index (χ1v) is 20.3. The molecule has 0 aliphatic heterocycles. The van der Waals surface area contributed by atoms with Crippen LogP contribution in [0.4, 0.5) is 0 Å². The van der Waals surface area contributed by atoms with Gasteiger partial charge in [0.1, 0.15) is 11.2 Å². The summed E-state index contributed by atoms with van der Waals surface area (Å²) in [4.78, 5) is 15.3. The Bertz CT molecular complexity index is 3490. The van der Waals surface area contributed by atoms with E-state index in [9.17, 15) is 0 Å². The zero-order valence-corrected chi connectivity index (χ0v) is 32.0. The lowest BCUT2D eigenvalue weighted by Gasteiger charge is -2.14. The smallest absolute Gasteiger partial charge is 0.160 e. The summed E-state index contributed by atoms with van der Waals surface area (Å²) in [5, 5.41) is 7.73. The zero-order chi connectivity index (χ0) is 38.2. The molecule has 8 aromatic carbocycles. The Labute approximate surface area is 338 Å². The SMILES string of the molecule is c1ccc(-c2cc(-c3ccccc3)cc(-c3nc(-c4ccc(-n5c6ccccc6c6c7ccccc7c7c8ccccc8sc7c65)cc4)nc4cccnc34)c2)cc1. The highest BCUT2D eigenvalue weighted by molar-refractivity contribution is 7.27. The minimum absolute atomic E-state index is 0.661. The fourth-order valence-corrected chi connectivity index (χ4v) is 10.1. The Balaban J connectivity index is 1.06. The van der Waals surface area contributed by atoms with Crippen LogP contribution in [0.25, 0.3) is 114 Å². The number of hydrogen-bond acceptors (Lipinski definition) is 4. The summed E-state index contributed by atoms with van der Waals surface area (Å²) in [6.07, 6.45) is 1.82. The summed E-state index contributed by atoms with van der Waals surface area (Å²) in [7, 11) is 0. The van der Waals surface area contributed by atoms with Crippen LogP contribution in [-0.4, -0.2) is 19.5 Å². The molecule has 4 aromatic heterocycles. The van der Waals surface area contributed by atoms with Crippen LogP contribution in [-0.2, 0) is 0 Å². The molecular formula is C53H32N4S. The Morgan fingerprint density at radius 1 is 0.431 bits per heavy atom. The van der Waals surface area contributed by atoms with Gasteiger partial charge in [0.25, 0.3) is 0 Å². The summed E-state index contributed by atoms with van der Waals surface area (Å²) >= 11 is 1.88. The fraction of sp³-hybridized carbons (Fsp3) is 0. The molecule has 12 aromatic rings. The summed E-state index contributed by atoms with van der Waals surface area (Å²) in [6, 6.07) is 67.0. The van der Waals surface area contributed by atoms with Crippen LogP contribution in [0.1, 0.15) is 0 Å². The van der Waals surface area contributed by atoms with Crippen molar-refractivity contribution in [1.29, 1.82) is 0 Å². The first-order chi connectivity index (χ1) is 28.8. The molecule has 0 bridgehead atoms. The van der Waals surface area contributed by atoms with Crippen molar-refractivity contribution in [1.82, 2.24) is 19.5 Å². The molecular weight excluding hydrogens is 725 g/mol. The molecule has 0 saturated heterocycles. The van der Waals surface area contributed by atoms with Gasteiger partial charge in [-0.1, -0.05) is 121 Å². The largest absolute Gasteiger partial charge is 0.308 e. The average molecular weight is 757 g/mol. The first kappa shape index (κ1) is 32.7. The van der Waals surface area contributed by atoms with E-state index < -0.39 is 0 Å². The predicted molar refractivity (Wildman–Crippen MR) is 244 cm³/mol. The number of nitrogens with zero attached hydrogens (tertiary/aromatic N) is 4. The molecule has 0 aliphatic carbocycles. The van der Waals surface area contributed by atoms with E-state index >= 15 is 0 Å². The van der Waals surface area contributed by atoms with Crippen molar-refractivity contribution in [2.24, 2.45) is 0 Å². The molecule has 4 nitrogen and oxygen atoms in total. The van der Waals surface area contributed by atoms with Crippen LogP contribution in [0.15, 0.2) is 194 Å². The van der Waals surface area contributed by atoms with Gasteiger partial charge in [0.05, 0.1) is 21.3 Å². The maximum Gasteiger partial charge on any atom is 0.160 e. The first-order valence-electron chi connectivity index (χ1n) is 19.5. The van der Waals surface area contributed by atoms with E-state index in [-0.39, 0.29) is 0 Å². The lowest BCUT2D eigenvalue weighted by Crippen LogP contribution is -1.98. The monoisotopic (exact) mass is 756 g/mol.